The van der Waals surface area contributed by atoms with E-state index in [0.29, 0.717) is 32.1 Å². The van der Waals surface area contributed by atoms with E-state index in [1.165, 1.54) is 19.1 Å². The molecule has 152 valence electrons. The highest BCUT2D eigenvalue weighted by Gasteiger charge is 2.31. The summed E-state index contributed by atoms with van der Waals surface area (Å²) in [4.78, 5) is 14.2. The summed E-state index contributed by atoms with van der Waals surface area (Å²) in [5.41, 5.74) is 0. The Kier molecular flexibility index (Phi) is 10.8. The van der Waals surface area contributed by atoms with Crippen molar-refractivity contribution >= 4 is 5.91 Å². The van der Waals surface area contributed by atoms with Crippen molar-refractivity contribution in [2.75, 3.05) is 54.2 Å². The molecule has 1 aliphatic rings. The van der Waals surface area contributed by atoms with Gasteiger partial charge in [0.25, 0.3) is 5.91 Å². The second-order valence-corrected chi connectivity index (χ2v) is 6.52. The van der Waals surface area contributed by atoms with Crippen LogP contribution in [0, 0.1) is 11.8 Å². The van der Waals surface area contributed by atoms with Crippen LogP contribution in [0.1, 0.15) is 20.3 Å². The average Bonchev–Trinajstić information content (AvgIpc) is 2.64. The van der Waals surface area contributed by atoms with Gasteiger partial charge in [-0.2, -0.15) is 0 Å². The highest BCUT2D eigenvalue weighted by molar-refractivity contribution is 5.91. The summed E-state index contributed by atoms with van der Waals surface area (Å²) in [5, 5.41) is 8.70. The molecule has 1 aliphatic heterocycles. The van der Waals surface area contributed by atoms with Crippen LogP contribution in [0.4, 0.5) is 0 Å². The van der Waals surface area contributed by atoms with Crippen molar-refractivity contribution in [2.24, 2.45) is 11.8 Å². The van der Waals surface area contributed by atoms with Crippen LogP contribution >= 0.6 is 0 Å². The van der Waals surface area contributed by atoms with Gasteiger partial charge in [0.2, 0.25) is 6.29 Å². The lowest BCUT2D eigenvalue weighted by molar-refractivity contribution is -0.164. The Morgan fingerprint density at radius 1 is 1.31 bits per heavy atom. The molecule has 1 amide bonds. The first kappa shape index (κ1) is 22.9. The molecule has 0 unspecified atom stereocenters. The summed E-state index contributed by atoms with van der Waals surface area (Å²) in [7, 11) is 4.73. The Hall–Kier alpha value is -1.19. The molecule has 0 radical (unpaired) electrons. The largest absolute Gasteiger partial charge is 0.459 e. The summed E-state index contributed by atoms with van der Waals surface area (Å²) in [6.45, 7) is 5.45. The molecule has 0 fully saturated rings. The van der Waals surface area contributed by atoms with Crippen LogP contribution in [0.25, 0.3) is 0 Å². The Morgan fingerprint density at radius 2 is 2.00 bits per heavy atom. The van der Waals surface area contributed by atoms with Gasteiger partial charge in [-0.3, -0.25) is 4.79 Å². The van der Waals surface area contributed by atoms with E-state index in [0.717, 1.165) is 0 Å². The van der Waals surface area contributed by atoms with Crippen molar-refractivity contribution in [1.82, 2.24) is 4.90 Å². The smallest absolute Gasteiger partial charge is 0.288 e. The fourth-order valence-corrected chi connectivity index (χ4v) is 2.55. The number of ether oxygens (including phenoxy) is 5. The molecule has 1 rings (SSSR count). The minimum absolute atomic E-state index is 0.0208. The minimum Gasteiger partial charge on any atom is -0.459 e. The molecule has 26 heavy (non-hydrogen) atoms. The predicted molar refractivity (Wildman–Crippen MR) is 95.2 cm³/mol. The molecule has 0 spiro atoms. The zero-order chi connectivity index (χ0) is 19.5. The third-order valence-corrected chi connectivity index (χ3v) is 4.22. The molecule has 0 saturated heterocycles. The average molecular weight is 375 g/mol. The fourth-order valence-electron chi connectivity index (χ4n) is 2.55. The monoisotopic (exact) mass is 375 g/mol. The molecule has 2 atom stereocenters. The summed E-state index contributed by atoms with van der Waals surface area (Å²) in [6, 6.07) is 0. The van der Waals surface area contributed by atoms with Gasteiger partial charge >= 0.3 is 0 Å². The number of likely N-dealkylation sites (N-methyl/N-ethyl adjacent to an activating group) is 1. The Labute approximate surface area is 156 Å². The SMILES string of the molecule is COC(CN(C)C(=O)C1=C[C@H](C(C)C)C[C@H](OCCOCCO)O1)OC. The van der Waals surface area contributed by atoms with Gasteiger partial charge in [-0.15, -0.1) is 0 Å². The number of carbonyl (C=O) groups is 1. The first-order valence-corrected chi connectivity index (χ1v) is 8.92. The summed E-state index contributed by atoms with van der Waals surface area (Å²) >= 11 is 0. The lowest BCUT2D eigenvalue weighted by atomic mass is 9.90. The number of aliphatic hydroxyl groups excluding tert-OH is 1. The molecule has 0 saturated carbocycles. The number of aliphatic hydroxyl groups is 1. The van der Waals surface area contributed by atoms with E-state index in [1.807, 2.05) is 6.08 Å². The zero-order valence-electron chi connectivity index (χ0n) is 16.5. The number of rotatable bonds is 12. The highest BCUT2D eigenvalue weighted by atomic mass is 16.7. The van der Waals surface area contributed by atoms with Gasteiger partial charge in [-0.05, 0) is 17.9 Å². The molecular weight excluding hydrogens is 342 g/mol. The van der Waals surface area contributed by atoms with E-state index in [4.69, 9.17) is 28.8 Å². The third-order valence-electron chi connectivity index (χ3n) is 4.22. The molecule has 8 heteroatoms. The summed E-state index contributed by atoms with van der Waals surface area (Å²) < 4.78 is 26.9. The van der Waals surface area contributed by atoms with Crippen LogP contribution in [0.3, 0.4) is 0 Å². The van der Waals surface area contributed by atoms with Crippen molar-refractivity contribution in [3.8, 4) is 0 Å². The quantitative estimate of drug-likeness (QED) is 0.402. The molecule has 1 heterocycles. The molecule has 0 aromatic rings. The van der Waals surface area contributed by atoms with E-state index in [1.54, 1.807) is 7.05 Å². The van der Waals surface area contributed by atoms with Crippen LogP contribution in [0.2, 0.25) is 0 Å². The Morgan fingerprint density at radius 3 is 2.58 bits per heavy atom. The second kappa shape index (κ2) is 12.2. The van der Waals surface area contributed by atoms with Crippen molar-refractivity contribution in [3.63, 3.8) is 0 Å². The van der Waals surface area contributed by atoms with Gasteiger partial charge in [0.15, 0.2) is 12.0 Å². The summed E-state index contributed by atoms with van der Waals surface area (Å²) in [5.74, 6) is 0.582. The van der Waals surface area contributed by atoms with Crippen molar-refractivity contribution in [2.45, 2.75) is 32.8 Å². The van der Waals surface area contributed by atoms with Crippen LogP contribution in [0.5, 0.6) is 0 Å². The number of carbonyl (C=O) groups excluding carboxylic acids is 1. The molecular formula is C18H33NO7. The molecule has 0 aromatic carbocycles. The van der Waals surface area contributed by atoms with Crippen molar-refractivity contribution in [3.05, 3.63) is 11.8 Å². The van der Waals surface area contributed by atoms with Gasteiger partial charge in [0.1, 0.15) is 0 Å². The lowest BCUT2D eigenvalue weighted by Gasteiger charge is -2.32. The number of hydrogen-bond donors (Lipinski definition) is 1. The number of allylic oxidation sites excluding steroid dienone is 1. The highest BCUT2D eigenvalue weighted by Crippen LogP contribution is 2.29. The number of amides is 1. The van der Waals surface area contributed by atoms with Gasteiger partial charge in [0.05, 0.1) is 33.0 Å². The zero-order valence-corrected chi connectivity index (χ0v) is 16.5. The Bertz CT molecular complexity index is 437. The first-order chi connectivity index (χ1) is 12.4. The fraction of sp³-hybridized carbons (Fsp3) is 0.833. The standard InChI is InChI=1S/C18H33NO7/c1-13(2)14-10-15(18(21)19(3)12-17(22-4)23-5)26-16(11-14)25-9-8-24-7-6-20/h10,13-14,16-17,20H,6-9,11-12H2,1-5H3/t14-,16+/m0/s1. The maximum atomic E-state index is 12.7. The second-order valence-electron chi connectivity index (χ2n) is 6.52. The number of nitrogens with zero attached hydrogens (tertiary/aromatic N) is 1. The van der Waals surface area contributed by atoms with Gasteiger partial charge in [-0.25, -0.2) is 0 Å². The molecule has 0 bridgehead atoms. The van der Waals surface area contributed by atoms with Crippen molar-refractivity contribution in [1.29, 1.82) is 0 Å². The number of methoxy groups -OCH3 is 2. The summed E-state index contributed by atoms with van der Waals surface area (Å²) in [6.07, 6.45) is 1.56. The van der Waals surface area contributed by atoms with E-state index < -0.39 is 12.6 Å². The van der Waals surface area contributed by atoms with Crippen LogP contribution < -0.4 is 0 Å². The van der Waals surface area contributed by atoms with Gasteiger partial charge < -0.3 is 33.7 Å². The van der Waals surface area contributed by atoms with Crippen LogP contribution in [-0.2, 0) is 28.5 Å². The van der Waals surface area contributed by atoms with E-state index in [9.17, 15) is 4.79 Å². The van der Waals surface area contributed by atoms with E-state index >= 15 is 0 Å². The van der Waals surface area contributed by atoms with E-state index in [2.05, 4.69) is 13.8 Å². The minimum atomic E-state index is -0.502. The van der Waals surface area contributed by atoms with Crippen LogP contribution in [0.15, 0.2) is 11.8 Å². The normalized spacial score (nSPS) is 20.2. The molecule has 1 N–H and O–H groups in total. The topological polar surface area (TPSA) is 86.7 Å². The molecule has 8 nitrogen and oxygen atoms in total. The maximum Gasteiger partial charge on any atom is 0.288 e. The van der Waals surface area contributed by atoms with E-state index in [-0.39, 0.29) is 30.8 Å². The third kappa shape index (κ3) is 7.59. The molecule has 0 aromatic heterocycles. The lowest BCUT2D eigenvalue weighted by Crippen LogP contribution is -2.40. The van der Waals surface area contributed by atoms with Crippen LogP contribution in [-0.4, -0.2) is 82.7 Å². The Balaban J connectivity index is 2.66. The predicted octanol–water partition coefficient (Wildman–Crippen LogP) is 0.992. The number of hydrogen-bond acceptors (Lipinski definition) is 7. The maximum absolute atomic E-state index is 12.7. The van der Waals surface area contributed by atoms with Crippen molar-refractivity contribution < 1.29 is 33.6 Å². The van der Waals surface area contributed by atoms with Gasteiger partial charge in [-0.1, -0.05) is 13.8 Å². The first-order valence-electron chi connectivity index (χ1n) is 8.92. The molecule has 0 aliphatic carbocycles. The van der Waals surface area contributed by atoms with Gasteiger partial charge in [0, 0.05) is 27.7 Å².